The lowest BCUT2D eigenvalue weighted by Gasteiger charge is -2.47. The standard InChI is InChI=1S/C23H36O7/c1-15(24)30-13-16(7-6-10-21(2,3)27)17-8-11-22(4)14-23(28,12-9-18(22)25)19(17)20(26)29-5/h6-7,10,17-19,25,27-28H,8-9,11-14H2,1-5H3/t17-,18-,19+,22+,23-/m1/s1. The van der Waals surface area contributed by atoms with Crippen molar-refractivity contribution in [2.45, 2.75) is 77.1 Å². The topological polar surface area (TPSA) is 113 Å². The van der Waals surface area contributed by atoms with E-state index in [9.17, 15) is 24.9 Å². The number of carbonyl (C=O) groups is 2. The van der Waals surface area contributed by atoms with Crippen molar-refractivity contribution < 1.29 is 34.4 Å². The van der Waals surface area contributed by atoms with Crippen molar-refractivity contribution in [1.29, 1.82) is 0 Å². The molecule has 0 unspecified atom stereocenters. The fourth-order valence-electron chi connectivity index (χ4n) is 4.97. The zero-order chi connectivity index (χ0) is 22.7. The predicted molar refractivity (Wildman–Crippen MR) is 111 cm³/mol. The van der Waals surface area contributed by atoms with Gasteiger partial charge in [-0.25, -0.2) is 0 Å². The number of rotatable bonds is 6. The van der Waals surface area contributed by atoms with E-state index in [-0.39, 0.29) is 6.61 Å². The maximum absolute atomic E-state index is 12.9. The van der Waals surface area contributed by atoms with Crippen LogP contribution in [0.4, 0.5) is 0 Å². The van der Waals surface area contributed by atoms with Crippen LogP contribution in [0.15, 0.2) is 23.8 Å². The molecular formula is C23H36O7. The van der Waals surface area contributed by atoms with Gasteiger partial charge < -0.3 is 24.8 Å². The number of aliphatic hydroxyl groups excluding tert-OH is 1. The molecule has 7 nitrogen and oxygen atoms in total. The molecule has 2 fully saturated rings. The van der Waals surface area contributed by atoms with Crippen molar-refractivity contribution >= 4 is 11.9 Å². The second-order valence-electron chi connectivity index (χ2n) is 9.67. The van der Waals surface area contributed by atoms with Crippen molar-refractivity contribution in [3.8, 4) is 0 Å². The van der Waals surface area contributed by atoms with Crippen molar-refractivity contribution in [3.05, 3.63) is 23.8 Å². The van der Waals surface area contributed by atoms with Gasteiger partial charge >= 0.3 is 11.9 Å². The van der Waals surface area contributed by atoms with Gasteiger partial charge in [-0.05, 0) is 62.9 Å². The Balaban J connectivity index is 2.51. The molecule has 0 saturated heterocycles. The maximum atomic E-state index is 12.9. The minimum Gasteiger partial charge on any atom is -0.469 e. The molecule has 5 atom stereocenters. The van der Waals surface area contributed by atoms with Gasteiger partial charge in [-0.1, -0.05) is 25.2 Å². The third-order valence-electron chi connectivity index (χ3n) is 6.56. The van der Waals surface area contributed by atoms with E-state index in [0.717, 1.165) is 0 Å². The first-order chi connectivity index (χ1) is 13.8. The number of aliphatic hydroxyl groups is 3. The quantitative estimate of drug-likeness (QED) is 0.443. The Labute approximate surface area is 178 Å². The number of esters is 2. The molecule has 2 aliphatic rings. The molecule has 2 bridgehead atoms. The third kappa shape index (κ3) is 5.71. The molecule has 0 aromatic heterocycles. The SMILES string of the molecule is COC(=O)[C@@H]1[C@@H](C(=CC=CC(C)(C)O)COC(C)=O)CC[C@@]2(C)C[C@]1(O)CC[C@H]2O. The summed E-state index contributed by atoms with van der Waals surface area (Å²) in [5.41, 5.74) is -2.19. The highest BCUT2D eigenvalue weighted by Crippen LogP contribution is 2.54. The van der Waals surface area contributed by atoms with E-state index in [1.165, 1.54) is 14.0 Å². The van der Waals surface area contributed by atoms with Gasteiger partial charge in [-0.3, -0.25) is 9.59 Å². The number of hydrogen-bond acceptors (Lipinski definition) is 7. The average molecular weight is 425 g/mol. The fraction of sp³-hybridized carbons (Fsp3) is 0.739. The Morgan fingerprint density at radius 2 is 1.90 bits per heavy atom. The largest absolute Gasteiger partial charge is 0.469 e. The highest BCUT2D eigenvalue weighted by molar-refractivity contribution is 5.75. The molecule has 0 spiro atoms. The van der Waals surface area contributed by atoms with Crippen LogP contribution in [0.2, 0.25) is 0 Å². The van der Waals surface area contributed by atoms with Crippen LogP contribution in [0.3, 0.4) is 0 Å². The predicted octanol–water partition coefficient (Wildman–Crippen LogP) is 2.28. The van der Waals surface area contributed by atoms with Gasteiger partial charge in [-0.15, -0.1) is 0 Å². The van der Waals surface area contributed by atoms with Gasteiger partial charge in [0, 0.05) is 6.92 Å². The minimum absolute atomic E-state index is 0.0287. The van der Waals surface area contributed by atoms with Gasteiger partial charge in [0.25, 0.3) is 0 Å². The summed E-state index contributed by atoms with van der Waals surface area (Å²) in [5, 5.41) is 32.1. The van der Waals surface area contributed by atoms with E-state index in [2.05, 4.69) is 0 Å². The zero-order valence-corrected chi connectivity index (χ0v) is 18.7. The Morgan fingerprint density at radius 1 is 1.23 bits per heavy atom. The lowest BCUT2D eigenvalue weighted by atomic mass is 9.63. The molecule has 0 aromatic carbocycles. The third-order valence-corrected chi connectivity index (χ3v) is 6.56. The fourth-order valence-corrected chi connectivity index (χ4v) is 4.97. The maximum Gasteiger partial charge on any atom is 0.312 e. The van der Waals surface area contributed by atoms with Crippen molar-refractivity contribution in [3.63, 3.8) is 0 Å². The van der Waals surface area contributed by atoms with Crippen LogP contribution in [0.5, 0.6) is 0 Å². The minimum atomic E-state index is -1.32. The Kier molecular flexibility index (Phi) is 7.54. The number of carbonyl (C=O) groups excluding carboxylic acids is 2. The van der Waals surface area contributed by atoms with Crippen LogP contribution in [-0.4, -0.2) is 58.3 Å². The molecule has 170 valence electrons. The van der Waals surface area contributed by atoms with E-state index in [4.69, 9.17) is 9.47 Å². The lowest BCUT2D eigenvalue weighted by Crippen LogP contribution is -2.53. The Morgan fingerprint density at radius 3 is 2.47 bits per heavy atom. The molecule has 3 N–H and O–H groups in total. The van der Waals surface area contributed by atoms with Crippen LogP contribution in [0.1, 0.15) is 59.8 Å². The molecule has 2 rings (SSSR count). The molecule has 2 saturated carbocycles. The van der Waals surface area contributed by atoms with Crippen molar-refractivity contribution in [1.82, 2.24) is 0 Å². The molecule has 0 aromatic rings. The van der Waals surface area contributed by atoms with E-state index in [1.54, 1.807) is 32.1 Å². The van der Waals surface area contributed by atoms with E-state index < -0.39 is 46.5 Å². The molecule has 30 heavy (non-hydrogen) atoms. The van der Waals surface area contributed by atoms with Gasteiger partial charge in [0.05, 0.1) is 30.3 Å². The molecule has 0 amide bonds. The van der Waals surface area contributed by atoms with Crippen LogP contribution in [0.25, 0.3) is 0 Å². The summed E-state index contributed by atoms with van der Waals surface area (Å²) >= 11 is 0. The average Bonchev–Trinajstić information content (AvgIpc) is 2.73. The zero-order valence-electron chi connectivity index (χ0n) is 18.7. The molecular weight excluding hydrogens is 388 g/mol. The molecule has 7 heteroatoms. The van der Waals surface area contributed by atoms with E-state index in [0.29, 0.717) is 37.7 Å². The number of hydrogen-bond donors (Lipinski definition) is 3. The van der Waals surface area contributed by atoms with Crippen LogP contribution in [0, 0.1) is 17.3 Å². The smallest absolute Gasteiger partial charge is 0.312 e. The Bertz CT molecular complexity index is 705. The molecule has 0 aliphatic heterocycles. The second kappa shape index (κ2) is 9.20. The van der Waals surface area contributed by atoms with Crippen molar-refractivity contribution in [2.75, 3.05) is 13.7 Å². The van der Waals surface area contributed by atoms with Crippen LogP contribution < -0.4 is 0 Å². The first kappa shape index (κ1) is 24.6. The van der Waals surface area contributed by atoms with Crippen LogP contribution in [-0.2, 0) is 19.1 Å². The molecule has 0 radical (unpaired) electrons. The molecule has 2 aliphatic carbocycles. The van der Waals surface area contributed by atoms with Gasteiger partial charge in [0.1, 0.15) is 6.61 Å². The van der Waals surface area contributed by atoms with E-state index >= 15 is 0 Å². The number of allylic oxidation sites excluding steroid dienone is 2. The van der Waals surface area contributed by atoms with Gasteiger partial charge in [0.15, 0.2) is 0 Å². The van der Waals surface area contributed by atoms with Crippen LogP contribution >= 0.6 is 0 Å². The summed E-state index contributed by atoms with van der Waals surface area (Å²) < 4.78 is 10.3. The summed E-state index contributed by atoms with van der Waals surface area (Å²) in [6, 6.07) is 0. The van der Waals surface area contributed by atoms with Crippen molar-refractivity contribution in [2.24, 2.45) is 17.3 Å². The monoisotopic (exact) mass is 424 g/mol. The van der Waals surface area contributed by atoms with Gasteiger partial charge in [-0.2, -0.15) is 0 Å². The summed E-state index contributed by atoms with van der Waals surface area (Å²) in [6.07, 6.45) is 6.60. The first-order valence-corrected chi connectivity index (χ1v) is 10.5. The lowest BCUT2D eigenvalue weighted by molar-refractivity contribution is -0.170. The number of ether oxygens (including phenoxy) is 2. The summed E-state index contributed by atoms with van der Waals surface area (Å²) in [5.74, 6) is -2.23. The van der Waals surface area contributed by atoms with Gasteiger partial charge in [0.2, 0.25) is 0 Å². The summed E-state index contributed by atoms with van der Waals surface area (Å²) in [4.78, 5) is 24.3. The Hall–Kier alpha value is -1.70. The van der Waals surface area contributed by atoms with E-state index in [1.807, 2.05) is 6.92 Å². The molecule has 0 heterocycles. The number of methoxy groups -OCH3 is 1. The normalized spacial score (nSPS) is 35.1. The highest BCUT2D eigenvalue weighted by Gasteiger charge is 2.57. The summed E-state index contributed by atoms with van der Waals surface area (Å²) in [6.45, 7) is 6.51. The highest BCUT2D eigenvalue weighted by atomic mass is 16.5. The number of fused-ring (bicyclic) bond motifs is 2. The summed E-state index contributed by atoms with van der Waals surface area (Å²) in [7, 11) is 1.30. The first-order valence-electron chi connectivity index (χ1n) is 10.5. The second-order valence-corrected chi connectivity index (χ2v) is 9.67.